The van der Waals surface area contributed by atoms with E-state index >= 15 is 8.78 Å². The summed E-state index contributed by atoms with van der Waals surface area (Å²) in [5.41, 5.74) is 0.415. The minimum Gasteiger partial charge on any atom is -0.390 e. The van der Waals surface area contributed by atoms with E-state index in [4.69, 9.17) is 0 Å². The zero-order valence-electron chi connectivity index (χ0n) is 21.4. The number of hydrogen-bond acceptors (Lipinski definition) is 4. The number of H-pyrrole nitrogens is 1. The highest BCUT2D eigenvalue weighted by atomic mass is 19.3. The number of aliphatic hydroxyl groups is 2. The van der Waals surface area contributed by atoms with Gasteiger partial charge in [-0.3, -0.25) is 9.29 Å². The maximum absolute atomic E-state index is 15.8. The standard InChI is InChI=1S/C28H31F6N3O2/c1-15-8-19-18-4-2-5-20(30)24(18)35-25(19)26(37(15)13-28(33,34)14-38)23-21(31)9-16(10-22(23)32)27(39)17-11-36(12-17)7-3-6-29/h2,4-5,9-10,15,17,26-27,35,38-39H,3,6-8,11-14H2,1H3/t15-,26-,27-/m1/s1. The molecule has 1 aromatic heterocycles. The number of fused-ring (bicyclic) bond motifs is 3. The van der Waals surface area contributed by atoms with Gasteiger partial charge in [0.2, 0.25) is 0 Å². The van der Waals surface area contributed by atoms with Crippen molar-refractivity contribution >= 4 is 10.9 Å². The van der Waals surface area contributed by atoms with Gasteiger partial charge >= 0.3 is 0 Å². The van der Waals surface area contributed by atoms with Crippen molar-refractivity contribution in [2.24, 2.45) is 5.92 Å². The number of aromatic nitrogens is 1. The predicted octanol–water partition coefficient (Wildman–Crippen LogP) is 4.87. The Kier molecular flexibility index (Phi) is 7.71. The molecule has 2 aromatic carbocycles. The Hall–Kier alpha value is -2.60. The summed E-state index contributed by atoms with van der Waals surface area (Å²) in [6.45, 7) is 0.210. The number of halogens is 6. The van der Waals surface area contributed by atoms with E-state index in [-0.39, 0.29) is 29.1 Å². The predicted molar refractivity (Wildman–Crippen MR) is 134 cm³/mol. The first-order valence-corrected chi connectivity index (χ1v) is 13.0. The first kappa shape index (κ1) is 27.9. The van der Waals surface area contributed by atoms with Crippen molar-refractivity contribution in [2.45, 2.75) is 43.9 Å². The number of aromatic amines is 1. The fraction of sp³-hybridized carbons (Fsp3) is 0.500. The minimum atomic E-state index is -3.55. The van der Waals surface area contributed by atoms with Crippen molar-refractivity contribution in [2.75, 3.05) is 39.5 Å². The normalized spacial score (nSPS) is 21.8. The highest BCUT2D eigenvalue weighted by Crippen LogP contribution is 2.44. The van der Waals surface area contributed by atoms with Crippen LogP contribution in [0.15, 0.2) is 30.3 Å². The monoisotopic (exact) mass is 555 g/mol. The van der Waals surface area contributed by atoms with Crippen LogP contribution in [0.3, 0.4) is 0 Å². The average molecular weight is 556 g/mol. The van der Waals surface area contributed by atoms with Gasteiger partial charge in [0.1, 0.15) is 24.1 Å². The van der Waals surface area contributed by atoms with E-state index < -0.39 is 67.0 Å². The van der Waals surface area contributed by atoms with E-state index in [9.17, 15) is 27.8 Å². The molecule has 3 N–H and O–H groups in total. The van der Waals surface area contributed by atoms with E-state index in [1.807, 2.05) is 4.90 Å². The second-order valence-electron chi connectivity index (χ2n) is 10.7. The van der Waals surface area contributed by atoms with Crippen molar-refractivity contribution in [3.05, 3.63) is 70.2 Å². The van der Waals surface area contributed by atoms with Crippen molar-refractivity contribution in [3.63, 3.8) is 0 Å². The molecular formula is C28H31F6N3O2. The van der Waals surface area contributed by atoms with Crippen LogP contribution in [-0.2, 0) is 6.42 Å². The quantitative estimate of drug-likeness (QED) is 0.330. The third-order valence-electron chi connectivity index (χ3n) is 8.00. The summed E-state index contributed by atoms with van der Waals surface area (Å²) >= 11 is 0. The molecule has 1 fully saturated rings. The summed E-state index contributed by atoms with van der Waals surface area (Å²) < 4.78 is 87.5. The van der Waals surface area contributed by atoms with Crippen LogP contribution in [0.5, 0.6) is 0 Å². The summed E-state index contributed by atoms with van der Waals surface area (Å²) in [5, 5.41) is 20.5. The molecule has 3 heterocycles. The van der Waals surface area contributed by atoms with Gasteiger partial charge < -0.3 is 20.1 Å². The number of aliphatic hydroxyl groups excluding tert-OH is 2. The Labute approximate surface area is 222 Å². The molecule has 0 radical (unpaired) electrons. The molecule has 0 aliphatic carbocycles. The summed E-state index contributed by atoms with van der Waals surface area (Å²) in [5.74, 6) is -6.48. The van der Waals surface area contributed by atoms with Crippen LogP contribution in [-0.4, -0.2) is 76.4 Å². The molecule has 0 spiro atoms. The van der Waals surface area contributed by atoms with Gasteiger partial charge in [0.25, 0.3) is 5.92 Å². The summed E-state index contributed by atoms with van der Waals surface area (Å²) in [7, 11) is 0. The third kappa shape index (κ3) is 5.17. The molecule has 2 aliphatic heterocycles. The van der Waals surface area contributed by atoms with Gasteiger partial charge in [-0.05, 0) is 49.1 Å². The fourth-order valence-electron chi connectivity index (χ4n) is 6.00. The van der Waals surface area contributed by atoms with Crippen LogP contribution in [0.1, 0.15) is 47.9 Å². The molecule has 5 nitrogen and oxygen atoms in total. The number of para-hydroxylation sites is 1. The lowest BCUT2D eigenvalue weighted by molar-refractivity contribution is -0.0869. The largest absolute Gasteiger partial charge is 0.390 e. The van der Waals surface area contributed by atoms with Crippen LogP contribution in [0.4, 0.5) is 26.3 Å². The number of alkyl halides is 3. The molecule has 212 valence electrons. The summed E-state index contributed by atoms with van der Waals surface area (Å²) in [4.78, 5) is 6.06. The summed E-state index contributed by atoms with van der Waals surface area (Å²) in [6, 6.07) is 4.44. The molecule has 0 unspecified atom stereocenters. The van der Waals surface area contributed by atoms with Crippen LogP contribution >= 0.6 is 0 Å². The second-order valence-corrected chi connectivity index (χ2v) is 10.7. The molecule has 39 heavy (non-hydrogen) atoms. The number of nitrogens with zero attached hydrogens (tertiary/aromatic N) is 2. The highest BCUT2D eigenvalue weighted by molar-refractivity contribution is 5.86. The number of likely N-dealkylation sites (tertiary alicyclic amines) is 1. The van der Waals surface area contributed by atoms with Crippen LogP contribution in [0, 0.1) is 23.4 Å². The first-order chi connectivity index (χ1) is 18.5. The molecule has 11 heteroatoms. The van der Waals surface area contributed by atoms with E-state index in [2.05, 4.69) is 4.98 Å². The molecule has 0 bridgehead atoms. The zero-order valence-corrected chi connectivity index (χ0v) is 21.4. The van der Waals surface area contributed by atoms with E-state index in [1.165, 1.54) is 17.0 Å². The van der Waals surface area contributed by atoms with Crippen molar-refractivity contribution in [1.82, 2.24) is 14.8 Å². The lowest BCUT2D eigenvalue weighted by atomic mass is 9.85. The Bertz CT molecular complexity index is 1320. The summed E-state index contributed by atoms with van der Waals surface area (Å²) in [6.07, 6.45) is -0.578. The minimum absolute atomic E-state index is 0.0166. The van der Waals surface area contributed by atoms with Crippen molar-refractivity contribution < 1.29 is 36.6 Å². The second kappa shape index (κ2) is 10.8. The van der Waals surface area contributed by atoms with Crippen molar-refractivity contribution in [3.8, 4) is 0 Å². The van der Waals surface area contributed by atoms with Gasteiger partial charge in [0, 0.05) is 48.2 Å². The van der Waals surface area contributed by atoms with Gasteiger partial charge in [-0.1, -0.05) is 12.1 Å². The van der Waals surface area contributed by atoms with E-state index in [0.29, 0.717) is 37.0 Å². The Balaban J connectivity index is 1.55. The smallest absolute Gasteiger partial charge is 0.283 e. The highest BCUT2D eigenvalue weighted by Gasteiger charge is 2.44. The van der Waals surface area contributed by atoms with E-state index in [0.717, 1.165) is 12.1 Å². The maximum Gasteiger partial charge on any atom is 0.283 e. The van der Waals surface area contributed by atoms with Gasteiger partial charge in [-0.25, -0.2) is 22.0 Å². The fourth-order valence-corrected chi connectivity index (χ4v) is 6.00. The first-order valence-electron chi connectivity index (χ1n) is 13.0. The lowest BCUT2D eigenvalue weighted by Gasteiger charge is -2.43. The molecule has 0 saturated carbocycles. The number of benzene rings is 2. The molecule has 3 atom stereocenters. The van der Waals surface area contributed by atoms with Crippen LogP contribution in [0.25, 0.3) is 10.9 Å². The number of nitrogens with one attached hydrogen (secondary N) is 1. The topological polar surface area (TPSA) is 62.7 Å². The molecule has 2 aliphatic rings. The Morgan fingerprint density at radius 3 is 2.44 bits per heavy atom. The van der Waals surface area contributed by atoms with Gasteiger partial charge in [0.15, 0.2) is 0 Å². The van der Waals surface area contributed by atoms with Crippen molar-refractivity contribution in [1.29, 1.82) is 0 Å². The SMILES string of the molecule is C[C@@H]1Cc2c([nH]c3c(F)cccc23)[C@@H](c2c(F)cc([C@@H](O)C3CN(CCCF)C3)cc2F)N1CC(F)(F)CO. The van der Waals surface area contributed by atoms with Gasteiger partial charge in [-0.2, -0.15) is 0 Å². The maximum atomic E-state index is 15.8. The number of hydrogen-bond donors (Lipinski definition) is 3. The van der Waals surface area contributed by atoms with Gasteiger partial charge in [-0.15, -0.1) is 0 Å². The lowest BCUT2D eigenvalue weighted by Crippen LogP contribution is -2.50. The molecule has 1 saturated heterocycles. The molecule has 5 rings (SSSR count). The van der Waals surface area contributed by atoms with Gasteiger partial charge in [0.05, 0.1) is 30.9 Å². The van der Waals surface area contributed by atoms with Crippen LogP contribution in [0.2, 0.25) is 0 Å². The third-order valence-corrected chi connectivity index (χ3v) is 8.00. The molecule has 3 aromatic rings. The Morgan fingerprint density at radius 2 is 1.79 bits per heavy atom. The molecule has 0 amide bonds. The van der Waals surface area contributed by atoms with Crippen LogP contribution < -0.4 is 0 Å². The van der Waals surface area contributed by atoms with E-state index in [1.54, 1.807) is 13.0 Å². The Morgan fingerprint density at radius 1 is 1.10 bits per heavy atom. The zero-order chi connectivity index (χ0) is 28.1. The average Bonchev–Trinajstić information content (AvgIpc) is 3.23. The molecular weight excluding hydrogens is 524 g/mol. The number of rotatable bonds is 9.